The van der Waals surface area contributed by atoms with Gasteiger partial charge in [-0.15, -0.1) is 0 Å². The van der Waals surface area contributed by atoms with E-state index in [2.05, 4.69) is 10.6 Å². The van der Waals surface area contributed by atoms with Crippen LogP contribution < -0.4 is 19.7 Å². The molecule has 0 aliphatic heterocycles. The van der Waals surface area contributed by atoms with Crippen LogP contribution >= 0.6 is 12.2 Å². The Bertz CT molecular complexity index is 1170. The van der Waals surface area contributed by atoms with Gasteiger partial charge in [-0.2, -0.15) is 0 Å². The summed E-state index contributed by atoms with van der Waals surface area (Å²) < 4.78 is 33.4. The van der Waals surface area contributed by atoms with E-state index in [1.54, 1.807) is 25.1 Å². The Morgan fingerprint density at radius 3 is 2.39 bits per heavy atom. The Labute approximate surface area is 188 Å². The van der Waals surface area contributed by atoms with Gasteiger partial charge in [0.2, 0.25) is 0 Å². The van der Waals surface area contributed by atoms with E-state index in [4.69, 9.17) is 17.0 Å². The third kappa shape index (κ3) is 5.34. The molecule has 3 rings (SSSR count). The number of anilines is 3. The van der Waals surface area contributed by atoms with Crippen LogP contribution in [-0.4, -0.2) is 27.2 Å². The van der Waals surface area contributed by atoms with Crippen molar-refractivity contribution in [1.29, 1.82) is 0 Å². The van der Waals surface area contributed by atoms with E-state index in [0.29, 0.717) is 28.8 Å². The Balaban J connectivity index is 1.90. The molecule has 2 N–H and O–H groups in total. The van der Waals surface area contributed by atoms with Crippen LogP contribution in [0.3, 0.4) is 0 Å². The quantitative estimate of drug-likeness (QED) is 0.487. The summed E-state index contributed by atoms with van der Waals surface area (Å²) in [5.41, 5.74) is 2.99. The van der Waals surface area contributed by atoms with Gasteiger partial charge in [-0.25, -0.2) is 8.42 Å². The second-order valence-electron chi connectivity index (χ2n) is 6.82. The van der Waals surface area contributed by atoms with E-state index < -0.39 is 10.0 Å². The predicted molar refractivity (Wildman–Crippen MR) is 131 cm³/mol. The minimum absolute atomic E-state index is 0.139. The van der Waals surface area contributed by atoms with Crippen molar-refractivity contribution < 1.29 is 13.2 Å². The summed E-state index contributed by atoms with van der Waals surface area (Å²) >= 11 is 5.42. The van der Waals surface area contributed by atoms with Crippen LogP contribution in [0.2, 0.25) is 0 Å². The van der Waals surface area contributed by atoms with Gasteiger partial charge in [0, 0.05) is 12.2 Å². The second-order valence-corrected chi connectivity index (χ2v) is 9.09. The summed E-state index contributed by atoms with van der Waals surface area (Å²) in [7, 11) is -2.26. The van der Waals surface area contributed by atoms with Gasteiger partial charge in [-0.3, -0.25) is 4.31 Å². The number of ether oxygens (including phenoxy) is 1. The summed E-state index contributed by atoms with van der Waals surface area (Å²) in [4.78, 5) is 0.139. The highest BCUT2D eigenvalue weighted by atomic mass is 32.2. The maximum absolute atomic E-state index is 13.3. The molecule has 162 valence electrons. The highest BCUT2D eigenvalue weighted by molar-refractivity contribution is 7.92. The number of hydrogen-bond acceptors (Lipinski definition) is 4. The zero-order valence-electron chi connectivity index (χ0n) is 17.6. The number of thiocarbonyl (C=S) groups is 1. The summed E-state index contributed by atoms with van der Waals surface area (Å²) in [6.45, 7) is 4.09. The first-order valence-corrected chi connectivity index (χ1v) is 11.6. The number of methoxy groups -OCH3 is 1. The van der Waals surface area contributed by atoms with Gasteiger partial charge >= 0.3 is 0 Å². The maximum atomic E-state index is 13.3. The Morgan fingerprint density at radius 1 is 1.00 bits per heavy atom. The van der Waals surface area contributed by atoms with Crippen molar-refractivity contribution in [1.82, 2.24) is 0 Å². The molecule has 0 unspecified atom stereocenters. The molecule has 0 radical (unpaired) electrons. The standard InChI is InChI=1S/C23H25N3O3S2/c1-4-26(19-11-6-5-7-12-19)31(27,28)20-13-14-22(29-3)21(16-20)25-23(30)24-18-10-8-9-17(2)15-18/h5-16H,4H2,1-3H3,(H2,24,25,30). The lowest BCUT2D eigenvalue weighted by Crippen LogP contribution is -2.30. The molecule has 0 fully saturated rings. The van der Waals surface area contributed by atoms with Crippen LogP contribution in [0.25, 0.3) is 0 Å². The molecule has 0 aromatic heterocycles. The van der Waals surface area contributed by atoms with Crippen LogP contribution in [-0.2, 0) is 10.0 Å². The van der Waals surface area contributed by atoms with Gasteiger partial charge < -0.3 is 15.4 Å². The first kappa shape index (κ1) is 22.6. The van der Waals surface area contributed by atoms with Crippen molar-refractivity contribution in [2.45, 2.75) is 18.7 Å². The second kappa shape index (κ2) is 9.80. The SMILES string of the molecule is CCN(c1ccccc1)S(=O)(=O)c1ccc(OC)c(NC(=S)Nc2cccc(C)c2)c1. The van der Waals surface area contributed by atoms with Crippen molar-refractivity contribution in [2.75, 3.05) is 28.6 Å². The van der Waals surface area contributed by atoms with Gasteiger partial charge in [0.1, 0.15) is 5.75 Å². The van der Waals surface area contributed by atoms with Gasteiger partial charge in [-0.05, 0) is 74.1 Å². The first-order chi connectivity index (χ1) is 14.8. The fraction of sp³-hybridized carbons (Fsp3) is 0.174. The lowest BCUT2D eigenvalue weighted by molar-refractivity contribution is 0.416. The molecule has 0 atom stereocenters. The van der Waals surface area contributed by atoms with Crippen LogP contribution in [0.5, 0.6) is 5.75 Å². The third-order valence-electron chi connectivity index (χ3n) is 4.61. The Hall–Kier alpha value is -3.10. The molecule has 31 heavy (non-hydrogen) atoms. The highest BCUT2D eigenvalue weighted by Gasteiger charge is 2.24. The molecule has 0 aliphatic carbocycles. The fourth-order valence-electron chi connectivity index (χ4n) is 3.17. The van der Waals surface area contributed by atoms with Crippen LogP contribution in [0.4, 0.5) is 17.1 Å². The van der Waals surface area contributed by atoms with Crippen LogP contribution in [0.15, 0.2) is 77.7 Å². The topological polar surface area (TPSA) is 70.7 Å². The largest absolute Gasteiger partial charge is 0.495 e. The monoisotopic (exact) mass is 455 g/mol. The van der Waals surface area contributed by atoms with E-state index in [1.165, 1.54) is 23.5 Å². The van der Waals surface area contributed by atoms with Crippen molar-refractivity contribution in [3.05, 3.63) is 78.4 Å². The Kier molecular flexibility index (Phi) is 7.14. The first-order valence-electron chi connectivity index (χ1n) is 9.75. The number of hydrogen-bond donors (Lipinski definition) is 2. The predicted octanol–water partition coefficient (Wildman–Crippen LogP) is 5.03. The summed E-state index contributed by atoms with van der Waals surface area (Å²) in [5, 5.41) is 6.48. The molecule has 0 aliphatic rings. The lowest BCUT2D eigenvalue weighted by atomic mass is 10.2. The molecule has 0 saturated carbocycles. The zero-order chi connectivity index (χ0) is 22.4. The molecule has 6 nitrogen and oxygen atoms in total. The minimum atomic E-state index is -3.78. The van der Waals surface area contributed by atoms with Crippen LogP contribution in [0.1, 0.15) is 12.5 Å². The number of rotatable bonds is 7. The van der Waals surface area contributed by atoms with Crippen molar-refractivity contribution >= 4 is 44.4 Å². The minimum Gasteiger partial charge on any atom is -0.495 e. The molecule has 0 saturated heterocycles. The van der Waals surface area contributed by atoms with E-state index >= 15 is 0 Å². The molecular weight excluding hydrogens is 430 g/mol. The summed E-state index contributed by atoms with van der Waals surface area (Å²) in [5.74, 6) is 0.482. The van der Waals surface area contributed by atoms with E-state index in [1.807, 2.05) is 49.4 Å². The molecular formula is C23H25N3O3S2. The molecule has 3 aromatic rings. The smallest absolute Gasteiger partial charge is 0.264 e. The van der Waals surface area contributed by atoms with Crippen molar-refractivity contribution in [2.24, 2.45) is 0 Å². The number of benzene rings is 3. The van der Waals surface area contributed by atoms with E-state index in [0.717, 1.165) is 11.3 Å². The van der Waals surface area contributed by atoms with E-state index in [9.17, 15) is 8.42 Å². The molecule has 0 heterocycles. The number of nitrogens with one attached hydrogen (secondary N) is 2. The number of nitrogens with zero attached hydrogens (tertiary/aromatic N) is 1. The molecule has 0 bridgehead atoms. The molecule has 0 amide bonds. The summed E-state index contributed by atoms with van der Waals surface area (Å²) in [6.07, 6.45) is 0. The number of aryl methyl sites for hydroxylation is 1. The number of para-hydroxylation sites is 1. The Morgan fingerprint density at radius 2 is 1.74 bits per heavy atom. The lowest BCUT2D eigenvalue weighted by Gasteiger charge is -2.23. The van der Waals surface area contributed by atoms with Crippen LogP contribution in [0, 0.1) is 6.92 Å². The van der Waals surface area contributed by atoms with Gasteiger partial charge in [0.25, 0.3) is 10.0 Å². The third-order valence-corrected chi connectivity index (χ3v) is 6.72. The number of sulfonamides is 1. The van der Waals surface area contributed by atoms with Crippen molar-refractivity contribution in [3.8, 4) is 5.75 Å². The summed E-state index contributed by atoms with van der Waals surface area (Å²) in [6, 6.07) is 21.5. The maximum Gasteiger partial charge on any atom is 0.264 e. The van der Waals surface area contributed by atoms with Gasteiger partial charge in [0.05, 0.1) is 23.4 Å². The normalized spacial score (nSPS) is 10.9. The average molecular weight is 456 g/mol. The average Bonchev–Trinajstić information content (AvgIpc) is 2.74. The van der Waals surface area contributed by atoms with Crippen molar-refractivity contribution in [3.63, 3.8) is 0 Å². The van der Waals surface area contributed by atoms with Gasteiger partial charge in [-0.1, -0.05) is 30.3 Å². The molecule has 3 aromatic carbocycles. The van der Waals surface area contributed by atoms with E-state index in [-0.39, 0.29) is 4.90 Å². The zero-order valence-corrected chi connectivity index (χ0v) is 19.3. The highest BCUT2D eigenvalue weighted by Crippen LogP contribution is 2.31. The molecule has 8 heteroatoms. The van der Waals surface area contributed by atoms with Gasteiger partial charge in [0.15, 0.2) is 5.11 Å². The fourth-order valence-corrected chi connectivity index (χ4v) is 4.89. The molecule has 0 spiro atoms.